The molecule has 1 unspecified atom stereocenters. The zero-order valence-corrected chi connectivity index (χ0v) is 10.3. The molecule has 0 radical (unpaired) electrons. The molecular formula is C11H12N6O3. The first-order valence-corrected chi connectivity index (χ1v) is 5.94. The van der Waals surface area contributed by atoms with Gasteiger partial charge in [-0.3, -0.25) is 4.57 Å². The Morgan fingerprint density at radius 2 is 2.25 bits per heavy atom. The van der Waals surface area contributed by atoms with E-state index in [0.29, 0.717) is 11.2 Å². The highest BCUT2D eigenvalue weighted by atomic mass is 16.5. The number of ether oxygens (including phenoxy) is 1. The fraction of sp³-hybridized carbons (Fsp3) is 0.455. The average molecular weight is 276 g/mol. The molecule has 1 saturated heterocycles. The molecule has 1 fully saturated rings. The minimum atomic E-state index is -1.09. The summed E-state index contributed by atoms with van der Waals surface area (Å²) in [6.45, 7) is -0.352. The predicted molar refractivity (Wildman–Crippen MR) is 65.8 cm³/mol. The van der Waals surface area contributed by atoms with Crippen molar-refractivity contribution in [2.75, 3.05) is 12.3 Å². The molecule has 104 valence electrons. The Bertz CT molecular complexity index is 680. The zero-order chi connectivity index (χ0) is 14.3. The number of hydrogen-bond donors (Lipinski definition) is 3. The van der Waals surface area contributed by atoms with Crippen LogP contribution in [0.3, 0.4) is 0 Å². The second kappa shape index (κ2) is 4.68. The van der Waals surface area contributed by atoms with Crippen LogP contribution in [0, 0.1) is 17.2 Å². The summed E-state index contributed by atoms with van der Waals surface area (Å²) in [5, 5.41) is 28.4. The van der Waals surface area contributed by atoms with Gasteiger partial charge in [-0.1, -0.05) is 0 Å². The molecule has 0 bridgehead atoms. The maximum Gasteiger partial charge on any atom is 0.167 e. The van der Waals surface area contributed by atoms with Gasteiger partial charge >= 0.3 is 0 Å². The van der Waals surface area contributed by atoms with Gasteiger partial charge in [-0.15, -0.1) is 0 Å². The summed E-state index contributed by atoms with van der Waals surface area (Å²) in [5.74, 6) is -0.599. The van der Waals surface area contributed by atoms with Gasteiger partial charge in [-0.2, -0.15) is 5.26 Å². The number of nitriles is 1. The van der Waals surface area contributed by atoms with Gasteiger partial charge in [0, 0.05) is 0 Å². The highest BCUT2D eigenvalue weighted by Gasteiger charge is 2.45. The van der Waals surface area contributed by atoms with Gasteiger partial charge in [0.25, 0.3) is 0 Å². The van der Waals surface area contributed by atoms with Crippen molar-refractivity contribution in [2.24, 2.45) is 5.92 Å². The minimum absolute atomic E-state index is 0.219. The van der Waals surface area contributed by atoms with Crippen LogP contribution in [0.5, 0.6) is 0 Å². The van der Waals surface area contributed by atoms with E-state index in [4.69, 9.17) is 15.7 Å². The third-order valence-electron chi connectivity index (χ3n) is 3.37. The molecule has 0 amide bonds. The lowest BCUT2D eigenvalue weighted by Crippen LogP contribution is -2.26. The highest BCUT2D eigenvalue weighted by Crippen LogP contribution is 2.35. The number of anilines is 1. The van der Waals surface area contributed by atoms with E-state index < -0.39 is 24.4 Å². The number of nitrogens with zero attached hydrogens (tertiary/aromatic N) is 5. The summed E-state index contributed by atoms with van der Waals surface area (Å²) in [6, 6.07) is 1.94. The van der Waals surface area contributed by atoms with Crippen molar-refractivity contribution in [1.29, 1.82) is 5.26 Å². The number of hydrogen-bond acceptors (Lipinski definition) is 8. The number of aliphatic hydroxyl groups excluding tert-OH is 2. The molecule has 3 rings (SSSR count). The van der Waals surface area contributed by atoms with Crippen LogP contribution >= 0.6 is 0 Å². The van der Waals surface area contributed by atoms with Gasteiger partial charge in [0.15, 0.2) is 17.7 Å². The molecule has 0 aliphatic carbocycles. The Morgan fingerprint density at radius 3 is 2.90 bits per heavy atom. The van der Waals surface area contributed by atoms with E-state index in [1.54, 1.807) is 0 Å². The normalized spacial score (nSPS) is 29.6. The monoisotopic (exact) mass is 276 g/mol. The SMILES string of the molecule is N#CC1[C@@H](O)[C@H](n2cnc3c(N)ncnc32)O[C@@H]1CO. The fourth-order valence-electron chi connectivity index (χ4n) is 2.34. The van der Waals surface area contributed by atoms with Crippen LogP contribution in [0.15, 0.2) is 12.7 Å². The van der Waals surface area contributed by atoms with E-state index in [0.717, 1.165) is 0 Å². The molecule has 0 spiro atoms. The largest absolute Gasteiger partial charge is 0.394 e. The second-order valence-electron chi connectivity index (χ2n) is 4.48. The average Bonchev–Trinajstić information content (AvgIpc) is 3.00. The maximum atomic E-state index is 10.2. The van der Waals surface area contributed by atoms with Crippen molar-refractivity contribution in [3.63, 3.8) is 0 Å². The Hall–Kier alpha value is -2.28. The lowest BCUT2D eigenvalue weighted by molar-refractivity contribution is -0.0489. The third kappa shape index (κ3) is 1.70. The Balaban J connectivity index is 2.04. The van der Waals surface area contributed by atoms with Crippen LogP contribution in [0.25, 0.3) is 11.2 Å². The fourth-order valence-corrected chi connectivity index (χ4v) is 2.34. The van der Waals surface area contributed by atoms with Gasteiger partial charge < -0.3 is 20.7 Å². The van der Waals surface area contributed by atoms with Gasteiger partial charge in [0.1, 0.15) is 30.0 Å². The van der Waals surface area contributed by atoms with Crippen molar-refractivity contribution in [1.82, 2.24) is 19.5 Å². The van der Waals surface area contributed by atoms with Crippen LogP contribution < -0.4 is 5.73 Å². The van der Waals surface area contributed by atoms with Crippen molar-refractivity contribution in [2.45, 2.75) is 18.4 Å². The Labute approximate surface area is 113 Å². The topological polar surface area (TPSA) is 143 Å². The molecule has 9 nitrogen and oxygen atoms in total. The molecule has 0 aromatic carbocycles. The van der Waals surface area contributed by atoms with E-state index in [9.17, 15) is 10.2 Å². The molecule has 4 N–H and O–H groups in total. The molecule has 4 atom stereocenters. The van der Waals surface area contributed by atoms with Crippen LogP contribution in [0.1, 0.15) is 6.23 Å². The summed E-state index contributed by atoms with van der Waals surface area (Å²) in [5.41, 5.74) is 6.48. The molecule has 1 aliphatic rings. The summed E-state index contributed by atoms with van der Waals surface area (Å²) >= 11 is 0. The highest BCUT2D eigenvalue weighted by molar-refractivity contribution is 5.81. The number of aliphatic hydroxyl groups is 2. The summed E-state index contributed by atoms with van der Waals surface area (Å²) in [7, 11) is 0. The molecule has 2 aromatic rings. The van der Waals surface area contributed by atoms with Gasteiger partial charge in [-0.05, 0) is 0 Å². The third-order valence-corrected chi connectivity index (χ3v) is 3.37. The summed E-state index contributed by atoms with van der Waals surface area (Å²) in [6.07, 6.45) is -0.00115. The molecule has 3 heterocycles. The van der Waals surface area contributed by atoms with Gasteiger partial charge in [0.05, 0.1) is 19.0 Å². The van der Waals surface area contributed by atoms with Crippen molar-refractivity contribution < 1.29 is 14.9 Å². The first-order valence-electron chi connectivity index (χ1n) is 5.94. The molecule has 2 aromatic heterocycles. The molecule has 20 heavy (non-hydrogen) atoms. The number of nitrogens with two attached hydrogens (primary N) is 1. The van der Waals surface area contributed by atoms with Crippen molar-refractivity contribution in [3.05, 3.63) is 12.7 Å². The van der Waals surface area contributed by atoms with Gasteiger partial charge in [-0.25, -0.2) is 15.0 Å². The number of aromatic nitrogens is 4. The van der Waals surface area contributed by atoms with Crippen LogP contribution in [0.4, 0.5) is 5.82 Å². The first-order chi connectivity index (χ1) is 9.67. The van der Waals surface area contributed by atoms with E-state index in [1.165, 1.54) is 17.2 Å². The Morgan fingerprint density at radius 1 is 1.45 bits per heavy atom. The number of fused-ring (bicyclic) bond motifs is 1. The first kappa shape index (κ1) is 12.7. The van der Waals surface area contributed by atoms with E-state index >= 15 is 0 Å². The van der Waals surface area contributed by atoms with E-state index in [2.05, 4.69) is 15.0 Å². The van der Waals surface area contributed by atoms with Crippen molar-refractivity contribution >= 4 is 17.0 Å². The molecule has 0 saturated carbocycles. The van der Waals surface area contributed by atoms with Crippen LogP contribution in [-0.4, -0.2) is 48.5 Å². The summed E-state index contributed by atoms with van der Waals surface area (Å²) < 4.78 is 7.00. The van der Waals surface area contributed by atoms with Crippen LogP contribution in [0.2, 0.25) is 0 Å². The number of nitrogen functional groups attached to an aromatic ring is 1. The van der Waals surface area contributed by atoms with Crippen LogP contribution in [-0.2, 0) is 4.74 Å². The number of imidazole rings is 1. The second-order valence-corrected chi connectivity index (χ2v) is 4.48. The van der Waals surface area contributed by atoms with Gasteiger partial charge in [0.2, 0.25) is 0 Å². The standard InChI is InChI=1S/C11H12N6O3/c12-1-5-6(2-18)20-11(8(5)19)17-4-16-7-9(13)14-3-15-10(7)17/h3-6,8,11,18-19H,2H2,(H2,13,14,15)/t5?,6-,8-,11-/m1/s1. The number of rotatable bonds is 2. The van der Waals surface area contributed by atoms with E-state index in [1.807, 2.05) is 6.07 Å². The quantitative estimate of drug-likeness (QED) is 0.620. The van der Waals surface area contributed by atoms with Crippen molar-refractivity contribution in [3.8, 4) is 6.07 Å². The smallest absolute Gasteiger partial charge is 0.167 e. The lowest BCUT2D eigenvalue weighted by Gasteiger charge is -2.16. The Kier molecular flexibility index (Phi) is 2.98. The zero-order valence-electron chi connectivity index (χ0n) is 10.3. The molecular weight excluding hydrogens is 264 g/mol. The van der Waals surface area contributed by atoms with E-state index in [-0.39, 0.29) is 12.4 Å². The maximum absolute atomic E-state index is 10.2. The molecule has 9 heteroatoms. The minimum Gasteiger partial charge on any atom is -0.394 e. The predicted octanol–water partition coefficient (Wildman–Crippen LogP) is -1.20. The molecule has 1 aliphatic heterocycles. The summed E-state index contributed by atoms with van der Waals surface area (Å²) in [4.78, 5) is 12.0. The lowest BCUT2D eigenvalue weighted by atomic mass is 10.0.